The van der Waals surface area contributed by atoms with Gasteiger partial charge in [0.1, 0.15) is 0 Å². The summed E-state index contributed by atoms with van der Waals surface area (Å²) in [6.07, 6.45) is 3.87. The highest BCUT2D eigenvalue weighted by atomic mass is 127. The van der Waals surface area contributed by atoms with E-state index < -0.39 is 0 Å². The minimum Gasteiger partial charge on any atom is -0.352 e. The molecular weight excluding hydrogens is 377 g/mol. The molecule has 0 radical (unpaired) electrons. The Labute approximate surface area is 142 Å². The van der Waals surface area contributed by atoms with Crippen LogP contribution in [-0.2, 0) is 11.2 Å². The van der Waals surface area contributed by atoms with Crippen molar-refractivity contribution in [3.05, 3.63) is 35.9 Å². The van der Waals surface area contributed by atoms with E-state index in [4.69, 9.17) is 0 Å². The zero-order chi connectivity index (χ0) is 15.5. The lowest BCUT2D eigenvalue weighted by Crippen LogP contribution is -2.45. The third kappa shape index (κ3) is 7.78. The highest BCUT2D eigenvalue weighted by molar-refractivity contribution is 14.1. The molecule has 1 aromatic rings. The normalized spacial score (nSPS) is 13.7. The Kier molecular flexibility index (Phi) is 9.62. The minimum atomic E-state index is -0.110. The lowest BCUT2D eigenvalue weighted by molar-refractivity contribution is -0.123. The molecule has 0 bridgehead atoms. The second-order valence-corrected chi connectivity index (χ2v) is 5.98. The third-order valence-corrected chi connectivity index (χ3v) is 4.14. The molecule has 21 heavy (non-hydrogen) atoms. The van der Waals surface area contributed by atoms with Gasteiger partial charge in [-0.15, -0.1) is 0 Å². The quantitative estimate of drug-likeness (QED) is 0.320. The van der Waals surface area contributed by atoms with Crippen LogP contribution in [0.2, 0.25) is 0 Å². The highest BCUT2D eigenvalue weighted by Gasteiger charge is 2.18. The fraction of sp³-hybridized carbons (Fsp3) is 0.562. The number of benzene rings is 1. The number of hydrogen-bond donors (Lipinski definition) is 3. The summed E-state index contributed by atoms with van der Waals surface area (Å²) in [4.78, 5) is 12.2. The van der Waals surface area contributed by atoms with E-state index in [0.717, 1.165) is 32.2 Å². The molecule has 1 aromatic carbocycles. The molecule has 5 heteroatoms. The molecule has 0 spiro atoms. The molecule has 1 rings (SSSR count). The Bertz CT molecular complexity index is 400. The maximum Gasteiger partial charge on any atom is 0.238 e. The second-order valence-electron chi connectivity index (χ2n) is 5.36. The Morgan fingerprint density at radius 3 is 2.57 bits per heavy atom. The predicted molar refractivity (Wildman–Crippen MR) is 96.5 cm³/mol. The van der Waals surface area contributed by atoms with Crippen molar-refractivity contribution in [2.75, 3.05) is 13.6 Å². The van der Waals surface area contributed by atoms with Gasteiger partial charge in [0.15, 0.2) is 0 Å². The summed E-state index contributed by atoms with van der Waals surface area (Å²) in [6.45, 7) is 3.05. The van der Waals surface area contributed by atoms with Gasteiger partial charge < -0.3 is 10.6 Å². The van der Waals surface area contributed by atoms with Crippen LogP contribution in [0.15, 0.2) is 30.3 Å². The molecule has 1 amide bonds. The molecule has 0 aromatic heterocycles. The summed E-state index contributed by atoms with van der Waals surface area (Å²) in [6, 6.07) is 10.3. The topological polar surface area (TPSA) is 53.2 Å². The van der Waals surface area contributed by atoms with Gasteiger partial charge in [0, 0.05) is 28.9 Å². The summed E-state index contributed by atoms with van der Waals surface area (Å²) >= 11 is 2.07. The first-order valence-electron chi connectivity index (χ1n) is 7.52. The summed E-state index contributed by atoms with van der Waals surface area (Å²) < 4.78 is 3.09. The molecule has 2 atom stereocenters. The Morgan fingerprint density at radius 2 is 1.95 bits per heavy atom. The fourth-order valence-corrected chi connectivity index (χ4v) is 2.84. The van der Waals surface area contributed by atoms with Crippen LogP contribution in [0.1, 0.15) is 31.7 Å². The summed E-state index contributed by atoms with van der Waals surface area (Å²) in [5.74, 6) is 0.0947. The number of carbonyl (C=O) groups is 1. The van der Waals surface area contributed by atoms with E-state index in [9.17, 15) is 4.79 Å². The Hall–Kier alpha value is -0.660. The van der Waals surface area contributed by atoms with Crippen LogP contribution in [0.3, 0.4) is 0 Å². The average Bonchev–Trinajstić information content (AvgIpc) is 2.48. The van der Waals surface area contributed by atoms with Crippen LogP contribution >= 0.6 is 22.9 Å². The van der Waals surface area contributed by atoms with Crippen LogP contribution in [0.4, 0.5) is 0 Å². The zero-order valence-corrected chi connectivity index (χ0v) is 15.0. The molecule has 0 heterocycles. The molecule has 0 saturated carbocycles. The molecule has 3 N–H and O–H groups in total. The zero-order valence-electron chi connectivity index (χ0n) is 12.9. The van der Waals surface area contributed by atoms with Crippen LogP contribution in [0, 0.1) is 0 Å². The van der Waals surface area contributed by atoms with Crippen molar-refractivity contribution in [1.82, 2.24) is 14.2 Å². The number of amides is 1. The summed E-state index contributed by atoms with van der Waals surface area (Å²) in [5.41, 5.74) is 1.25. The van der Waals surface area contributed by atoms with Crippen molar-refractivity contribution >= 4 is 28.8 Å². The standard InChI is InChI=1S/C16H26IN3O/c1-13(12-14-8-4-3-5-9-14)19-16(21)15(20-17)10-6-7-11-18-2/h3-5,8-9,13,15,18,20H,6-7,10-12H2,1-2H3,(H,19,21)/t13-,15-/m0/s1. The van der Waals surface area contributed by atoms with Crippen molar-refractivity contribution in [2.24, 2.45) is 0 Å². The molecule has 0 aliphatic carbocycles. The summed E-state index contributed by atoms with van der Waals surface area (Å²) in [7, 11) is 1.95. The molecule has 4 nitrogen and oxygen atoms in total. The maximum atomic E-state index is 12.2. The van der Waals surface area contributed by atoms with E-state index >= 15 is 0 Å². The first kappa shape index (κ1) is 18.4. The largest absolute Gasteiger partial charge is 0.352 e. The molecule has 118 valence electrons. The highest BCUT2D eigenvalue weighted by Crippen LogP contribution is 2.06. The van der Waals surface area contributed by atoms with Gasteiger partial charge in [0.05, 0.1) is 6.04 Å². The molecule has 0 aliphatic heterocycles. The van der Waals surface area contributed by atoms with E-state index in [0.29, 0.717) is 0 Å². The molecule has 0 unspecified atom stereocenters. The van der Waals surface area contributed by atoms with Gasteiger partial charge in [-0.25, -0.2) is 3.53 Å². The second kappa shape index (κ2) is 11.0. The van der Waals surface area contributed by atoms with Gasteiger partial charge >= 0.3 is 0 Å². The van der Waals surface area contributed by atoms with E-state index in [1.807, 2.05) is 25.2 Å². The Balaban J connectivity index is 2.35. The van der Waals surface area contributed by atoms with Crippen molar-refractivity contribution < 1.29 is 4.79 Å². The van der Waals surface area contributed by atoms with Crippen molar-refractivity contribution in [2.45, 2.75) is 44.7 Å². The van der Waals surface area contributed by atoms with Gasteiger partial charge in [-0.2, -0.15) is 0 Å². The van der Waals surface area contributed by atoms with Crippen LogP contribution < -0.4 is 14.2 Å². The first-order valence-corrected chi connectivity index (χ1v) is 8.60. The van der Waals surface area contributed by atoms with E-state index in [-0.39, 0.29) is 18.0 Å². The third-order valence-electron chi connectivity index (χ3n) is 3.39. The van der Waals surface area contributed by atoms with Crippen molar-refractivity contribution in [3.8, 4) is 0 Å². The smallest absolute Gasteiger partial charge is 0.238 e. The number of hydrogen-bond acceptors (Lipinski definition) is 3. The molecule has 0 aliphatic rings. The van der Waals surface area contributed by atoms with Crippen molar-refractivity contribution in [3.63, 3.8) is 0 Å². The fourth-order valence-electron chi connectivity index (χ4n) is 2.25. The molecule has 0 saturated heterocycles. The first-order chi connectivity index (χ1) is 10.2. The lowest BCUT2D eigenvalue weighted by atomic mass is 10.1. The van der Waals surface area contributed by atoms with E-state index in [2.05, 4.69) is 56.1 Å². The lowest BCUT2D eigenvalue weighted by Gasteiger charge is -2.19. The number of halogens is 1. The number of carbonyl (C=O) groups excluding carboxylic acids is 1. The molecule has 0 fully saturated rings. The predicted octanol–water partition coefficient (Wildman–Crippen LogP) is 2.43. The Morgan fingerprint density at radius 1 is 1.24 bits per heavy atom. The van der Waals surface area contributed by atoms with Gasteiger partial charge in [0.2, 0.25) is 5.91 Å². The average molecular weight is 403 g/mol. The number of nitrogens with one attached hydrogen (secondary N) is 3. The van der Waals surface area contributed by atoms with E-state index in [1.54, 1.807) is 0 Å². The number of rotatable bonds is 10. The SMILES string of the molecule is CNCCCC[C@H](NI)C(=O)N[C@@H](C)Cc1ccccc1. The van der Waals surface area contributed by atoms with Gasteiger partial charge in [-0.1, -0.05) is 36.8 Å². The maximum absolute atomic E-state index is 12.2. The van der Waals surface area contributed by atoms with Gasteiger partial charge in [-0.05, 0) is 45.3 Å². The van der Waals surface area contributed by atoms with Crippen molar-refractivity contribution in [1.29, 1.82) is 0 Å². The van der Waals surface area contributed by atoms with Gasteiger partial charge in [0.25, 0.3) is 0 Å². The van der Waals surface area contributed by atoms with Crippen LogP contribution in [0.5, 0.6) is 0 Å². The van der Waals surface area contributed by atoms with Gasteiger partial charge in [-0.3, -0.25) is 4.79 Å². The minimum absolute atomic E-state index is 0.0947. The summed E-state index contributed by atoms with van der Waals surface area (Å²) in [5, 5.41) is 6.22. The van der Waals surface area contributed by atoms with Crippen LogP contribution in [0.25, 0.3) is 0 Å². The van der Waals surface area contributed by atoms with Crippen LogP contribution in [-0.4, -0.2) is 31.6 Å². The van der Waals surface area contributed by atoms with E-state index in [1.165, 1.54) is 5.56 Å². The molecular formula is C16H26IN3O. The number of unbranched alkanes of at least 4 members (excludes halogenated alkanes) is 1. The monoisotopic (exact) mass is 403 g/mol.